The van der Waals surface area contributed by atoms with Gasteiger partial charge in [0.2, 0.25) is 0 Å². The third-order valence-corrected chi connectivity index (χ3v) is 5.56. The monoisotopic (exact) mass is 355 g/mol. The van der Waals surface area contributed by atoms with E-state index in [1.807, 2.05) is 12.5 Å². The summed E-state index contributed by atoms with van der Waals surface area (Å²) < 4.78 is 4.31. The van der Waals surface area contributed by atoms with Crippen molar-refractivity contribution < 1.29 is 0 Å². The van der Waals surface area contributed by atoms with Crippen molar-refractivity contribution in [3.05, 3.63) is 47.8 Å². The van der Waals surface area contributed by atoms with Gasteiger partial charge in [0.15, 0.2) is 0 Å². The molecule has 0 saturated carbocycles. The van der Waals surface area contributed by atoms with Gasteiger partial charge in [-0.3, -0.25) is 9.58 Å². The van der Waals surface area contributed by atoms with E-state index in [2.05, 4.69) is 58.3 Å². The van der Waals surface area contributed by atoms with Crippen LogP contribution in [0.5, 0.6) is 0 Å². The lowest BCUT2D eigenvalue weighted by Crippen LogP contribution is -2.31. The van der Waals surface area contributed by atoms with Crippen molar-refractivity contribution in [1.29, 1.82) is 0 Å². The van der Waals surface area contributed by atoms with Crippen LogP contribution in [-0.2, 0) is 19.6 Å². The van der Waals surface area contributed by atoms with Crippen molar-refractivity contribution >= 4 is 0 Å². The number of hydrogen-bond donors (Lipinski definition) is 0. The molecule has 26 heavy (non-hydrogen) atoms. The van der Waals surface area contributed by atoms with Gasteiger partial charge < -0.3 is 4.57 Å². The maximum Gasteiger partial charge on any atom is 0.0945 e. The Morgan fingerprint density at radius 2 is 2.15 bits per heavy atom. The SMILES string of the molecule is CCn1nc(C)c(CN(CCCn2ccnc2)CC2CC=CCC2)c1C. The minimum Gasteiger partial charge on any atom is -0.337 e. The predicted octanol–water partition coefficient (Wildman–Crippen LogP) is 3.96. The minimum absolute atomic E-state index is 0.787. The van der Waals surface area contributed by atoms with E-state index in [0.717, 1.165) is 38.5 Å². The van der Waals surface area contributed by atoms with Crippen molar-refractivity contribution in [2.24, 2.45) is 5.92 Å². The number of nitrogens with zero attached hydrogens (tertiary/aromatic N) is 5. The standard InChI is InChI=1S/C21H33N5/c1-4-26-19(3)21(18(2)23-26)16-25(15-20-9-6-5-7-10-20)13-8-12-24-14-11-22-17-24/h5-6,11,14,17,20H,4,7-10,12-13,15-16H2,1-3H3. The molecule has 5 heteroatoms. The Kier molecular flexibility index (Phi) is 6.67. The summed E-state index contributed by atoms with van der Waals surface area (Å²) in [5.74, 6) is 0.787. The highest BCUT2D eigenvalue weighted by atomic mass is 15.3. The Morgan fingerprint density at radius 1 is 1.27 bits per heavy atom. The van der Waals surface area contributed by atoms with Crippen molar-refractivity contribution in [3.8, 4) is 0 Å². The van der Waals surface area contributed by atoms with Crippen molar-refractivity contribution in [2.45, 2.75) is 66.1 Å². The summed E-state index contributed by atoms with van der Waals surface area (Å²) in [5, 5.41) is 4.72. The van der Waals surface area contributed by atoms with E-state index >= 15 is 0 Å². The number of imidazole rings is 1. The lowest BCUT2D eigenvalue weighted by Gasteiger charge is -2.28. The molecule has 0 fully saturated rings. The summed E-state index contributed by atoms with van der Waals surface area (Å²) >= 11 is 0. The summed E-state index contributed by atoms with van der Waals surface area (Å²) in [7, 11) is 0. The van der Waals surface area contributed by atoms with Crippen LogP contribution in [0.4, 0.5) is 0 Å². The summed E-state index contributed by atoms with van der Waals surface area (Å²) in [5.41, 5.74) is 3.93. The molecular formula is C21H33N5. The van der Waals surface area contributed by atoms with E-state index in [1.165, 1.54) is 42.8 Å². The van der Waals surface area contributed by atoms with Crippen molar-refractivity contribution in [3.63, 3.8) is 0 Å². The summed E-state index contributed by atoms with van der Waals surface area (Å²) in [4.78, 5) is 6.80. The topological polar surface area (TPSA) is 38.9 Å². The summed E-state index contributed by atoms with van der Waals surface area (Å²) in [6, 6.07) is 0. The zero-order chi connectivity index (χ0) is 18.4. The van der Waals surface area contributed by atoms with Crippen molar-refractivity contribution in [2.75, 3.05) is 13.1 Å². The molecule has 142 valence electrons. The lowest BCUT2D eigenvalue weighted by molar-refractivity contribution is 0.208. The minimum atomic E-state index is 0.787. The van der Waals surface area contributed by atoms with Gasteiger partial charge in [0.1, 0.15) is 0 Å². The second-order valence-electron chi connectivity index (χ2n) is 7.50. The summed E-state index contributed by atoms with van der Waals surface area (Å²) in [6.45, 7) is 11.8. The molecule has 0 aliphatic heterocycles. The lowest BCUT2D eigenvalue weighted by atomic mass is 9.93. The average Bonchev–Trinajstić information content (AvgIpc) is 3.26. The molecule has 0 saturated heterocycles. The molecule has 2 aromatic rings. The van der Waals surface area contributed by atoms with E-state index in [4.69, 9.17) is 5.10 Å². The van der Waals surface area contributed by atoms with Crippen LogP contribution in [0, 0.1) is 19.8 Å². The fourth-order valence-electron chi connectivity index (χ4n) is 4.01. The first-order valence-electron chi connectivity index (χ1n) is 10.0. The third kappa shape index (κ3) is 4.85. The Bertz CT molecular complexity index is 698. The average molecular weight is 356 g/mol. The highest BCUT2D eigenvalue weighted by Gasteiger charge is 2.18. The largest absolute Gasteiger partial charge is 0.337 e. The van der Waals surface area contributed by atoms with Crippen LogP contribution in [0.25, 0.3) is 0 Å². The molecule has 0 spiro atoms. The maximum absolute atomic E-state index is 4.72. The van der Waals surface area contributed by atoms with Gasteiger partial charge in [-0.25, -0.2) is 4.98 Å². The maximum atomic E-state index is 4.72. The highest BCUT2D eigenvalue weighted by molar-refractivity contribution is 5.24. The van der Waals surface area contributed by atoms with Crippen LogP contribution in [0.1, 0.15) is 49.6 Å². The molecule has 0 N–H and O–H groups in total. The second-order valence-corrected chi connectivity index (χ2v) is 7.50. The molecule has 5 nitrogen and oxygen atoms in total. The molecule has 2 heterocycles. The molecule has 0 bridgehead atoms. The molecule has 2 aromatic heterocycles. The molecule has 1 aliphatic rings. The van der Waals surface area contributed by atoms with Gasteiger partial charge in [-0.2, -0.15) is 5.10 Å². The first-order valence-corrected chi connectivity index (χ1v) is 10.0. The molecule has 3 rings (SSSR count). The van der Waals surface area contributed by atoms with Gasteiger partial charge in [-0.05, 0) is 52.4 Å². The normalized spacial score (nSPS) is 17.3. The van der Waals surface area contributed by atoms with Gasteiger partial charge in [0.25, 0.3) is 0 Å². The molecule has 0 aromatic carbocycles. The van der Waals surface area contributed by atoms with Gasteiger partial charge in [-0.15, -0.1) is 0 Å². The van der Waals surface area contributed by atoms with Gasteiger partial charge in [0, 0.05) is 56.4 Å². The number of allylic oxidation sites excluding steroid dienone is 2. The predicted molar refractivity (Wildman–Crippen MR) is 106 cm³/mol. The van der Waals surface area contributed by atoms with E-state index < -0.39 is 0 Å². The third-order valence-electron chi connectivity index (χ3n) is 5.56. The molecular weight excluding hydrogens is 322 g/mol. The molecule has 1 aliphatic carbocycles. The van der Waals surface area contributed by atoms with Crippen LogP contribution in [0.3, 0.4) is 0 Å². The Morgan fingerprint density at radius 3 is 2.81 bits per heavy atom. The Labute approximate surface area is 157 Å². The number of aryl methyl sites for hydroxylation is 3. The first-order chi connectivity index (χ1) is 12.7. The highest BCUT2D eigenvalue weighted by Crippen LogP contribution is 2.22. The smallest absolute Gasteiger partial charge is 0.0945 e. The van der Waals surface area contributed by atoms with E-state index in [0.29, 0.717) is 0 Å². The fourth-order valence-corrected chi connectivity index (χ4v) is 4.01. The van der Waals surface area contributed by atoms with Crippen LogP contribution >= 0.6 is 0 Å². The Hall–Kier alpha value is -1.88. The van der Waals surface area contributed by atoms with Crippen LogP contribution in [-0.4, -0.2) is 37.3 Å². The second kappa shape index (κ2) is 9.17. The number of hydrogen-bond acceptors (Lipinski definition) is 3. The summed E-state index contributed by atoms with van der Waals surface area (Å²) in [6.07, 6.45) is 15.5. The van der Waals surface area contributed by atoms with Gasteiger partial charge in [-0.1, -0.05) is 12.2 Å². The van der Waals surface area contributed by atoms with Crippen LogP contribution in [0.2, 0.25) is 0 Å². The molecule has 1 atom stereocenters. The van der Waals surface area contributed by atoms with Crippen LogP contribution < -0.4 is 0 Å². The quantitative estimate of drug-likeness (QED) is 0.639. The number of aromatic nitrogens is 4. The molecule has 0 radical (unpaired) electrons. The molecule has 0 amide bonds. The van der Waals surface area contributed by atoms with Crippen LogP contribution in [0.15, 0.2) is 30.9 Å². The fraction of sp³-hybridized carbons (Fsp3) is 0.619. The number of rotatable bonds is 9. The van der Waals surface area contributed by atoms with Crippen molar-refractivity contribution in [1.82, 2.24) is 24.2 Å². The zero-order valence-corrected chi connectivity index (χ0v) is 16.6. The molecule has 1 unspecified atom stereocenters. The van der Waals surface area contributed by atoms with E-state index in [9.17, 15) is 0 Å². The van der Waals surface area contributed by atoms with Gasteiger partial charge >= 0.3 is 0 Å². The van der Waals surface area contributed by atoms with Gasteiger partial charge in [0.05, 0.1) is 12.0 Å². The van der Waals surface area contributed by atoms with E-state index in [-0.39, 0.29) is 0 Å². The Balaban J connectivity index is 1.65. The van der Waals surface area contributed by atoms with E-state index in [1.54, 1.807) is 0 Å². The first kappa shape index (κ1) is 18.9. The zero-order valence-electron chi connectivity index (χ0n) is 16.6.